The van der Waals surface area contributed by atoms with E-state index < -0.39 is 0 Å². The van der Waals surface area contributed by atoms with Crippen LogP contribution in [0.25, 0.3) is 10.1 Å². The van der Waals surface area contributed by atoms with Gasteiger partial charge in [0, 0.05) is 17.4 Å². The van der Waals surface area contributed by atoms with Crippen molar-refractivity contribution in [2.75, 3.05) is 6.54 Å². The molecule has 0 bridgehead atoms. The lowest BCUT2D eigenvalue weighted by Gasteiger charge is -2.23. The molecule has 3 aromatic rings. The molecule has 0 fully saturated rings. The highest BCUT2D eigenvalue weighted by Crippen LogP contribution is 2.30. The molecule has 1 aromatic carbocycles. The summed E-state index contributed by atoms with van der Waals surface area (Å²) in [5, 5.41) is 6.45. The maximum Gasteiger partial charge on any atom is 0.318 e. The molecule has 3 rings (SSSR count). The Kier molecular flexibility index (Phi) is 5.11. The first-order chi connectivity index (χ1) is 11.7. The van der Waals surface area contributed by atoms with Gasteiger partial charge in [-0.1, -0.05) is 24.3 Å². The number of carbonyl (C=O) groups excluding carboxylic acids is 1. The van der Waals surface area contributed by atoms with E-state index in [0.29, 0.717) is 13.1 Å². The number of fused-ring (bicyclic) bond motifs is 1. The van der Waals surface area contributed by atoms with Crippen LogP contribution in [-0.2, 0) is 6.54 Å². The van der Waals surface area contributed by atoms with Gasteiger partial charge in [0.2, 0.25) is 0 Å². The first-order valence-corrected chi connectivity index (χ1v) is 8.98. The molecular weight excluding hydrogens is 318 g/mol. The van der Waals surface area contributed by atoms with E-state index in [0.717, 1.165) is 11.3 Å². The third-order valence-electron chi connectivity index (χ3n) is 4.07. The van der Waals surface area contributed by atoms with Gasteiger partial charge in [0.25, 0.3) is 0 Å². The van der Waals surface area contributed by atoms with E-state index in [4.69, 9.17) is 0 Å². The molecule has 0 aliphatic carbocycles. The Morgan fingerprint density at radius 2 is 2.04 bits per heavy atom. The summed E-state index contributed by atoms with van der Waals surface area (Å²) in [4.78, 5) is 18.7. The Labute approximate surface area is 146 Å². The number of hydrogen-bond donors (Lipinski definition) is 1. The van der Waals surface area contributed by atoms with Crippen molar-refractivity contribution in [1.82, 2.24) is 15.2 Å². The lowest BCUT2D eigenvalue weighted by molar-refractivity contribution is 0.194. The lowest BCUT2D eigenvalue weighted by atomic mass is 10.1. The first-order valence-electron chi connectivity index (χ1n) is 8.10. The van der Waals surface area contributed by atoms with Gasteiger partial charge in [-0.05, 0) is 48.4 Å². The van der Waals surface area contributed by atoms with Crippen molar-refractivity contribution >= 4 is 27.5 Å². The van der Waals surface area contributed by atoms with Gasteiger partial charge in [0.05, 0.1) is 18.3 Å². The standard InChI is InChI=1S/C19H21N3OS/c1-3-22(12-15-8-6-7-11-20-15)19(23)21-14(2)17-13-24-18-10-5-4-9-16(17)18/h4-11,13-14H,3,12H2,1-2H3,(H,21,23)/t14-/m1/s1. The van der Waals surface area contributed by atoms with E-state index in [-0.39, 0.29) is 12.1 Å². The second-order valence-corrected chi connectivity index (χ2v) is 6.60. The molecule has 2 amide bonds. The van der Waals surface area contributed by atoms with Crippen LogP contribution in [0.4, 0.5) is 4.79 Å². The summed E-state index contributed by atoms with van der Waals surface area (Å²) in [6.45, 7) is 5.16. The Bertz CT molecular complexity index is 816. The smallest absolute Gasteiger partial charge is 0.318 e. The predicted octanol–water partition coefficient (Wildman–Crippen LogP) is 4.59. The van der Waals surface area contributed by atoms with Crippen molar-refractivity contribution in [2.45, 2.75) is 26.4 Å². The fourth-order valence-electron chi connectivity index (χ4n) is 2.70. The van der Waals surface area contributed by atoms with Gasteiger partial charge >= 0.3 is 6.03 Å². The fourth-order valence-corrected chi connectivity index (χ4v) is 3.76. The van der Waals surface area contributed by atoms with Gasteiger partial charge in [-0.25, -0.2) is 4.79 Å². The van der Waals surface area contributed by atoms with Gasteiger partial charge in [-0.15, -0.1) is 11.3 Å². The molecule has 0 saturated heterocycles. The fraction of sp³-hybridized carbons (Fsp3) is 0.263. The van der Waals surface area contributed by atoms with Crippen molar-refractivity contribution in [2.24, 2.45) is 0 Å². The summed E-state index contributed by atoms with van der Waals surface area (Å²) >= 11 is 1.71. The molecule has 4 nitrogen and oxygen atoms in total. The molecule has 0 aliphatic heterocycles. The normalized spacial score (nSPS) is 12.1. The van der Waals surface area contributed by atoms with Crippen molar-refractivity contribution in [3.63, 3.8) is 0 Å². The van der Waals surface area contributed by atoms with Gasteiger partial charge in [-0.3, -0.25) is 4.98 Å². The van der Waals surface area contributed by atoms with Crippen LogP contribution in [0.1, 0.15) is 31.1 Å². The number of amides is 2. The minimum Gasteiger partial charge on any atom is -0.331 e. The van der Waals surface area contributed by atoms with E-state index in [1.165, 1.54) is 10.1 Å². The lowest BCUT2D eigenvalue weighted by Crippen LogP contribution is -2.40. The quantitative estimate of drug-likeness (QED) is 0.739. The minimum absolute atomic E-state index is 0.0357. The molecule has 0 spiro atoms. The molecule has 0 aliphatic rings. The van der Waals surface area contributed by atoms with Crippen LogP contribution in [-0.4, -0.2) is 22.5 Å². The molecule has 0 saturated carbocycles. The molecule has 2 heterocycles. The van der Waals surface area contributed by atoms with Crippen molar-refractivity contribution in [3.05, 3.63) is 65.3 Å². The minimum atomic E-state index is -0.0639. The summed E-state index contributed by atoms with van der Waals surface area (Å²) < 4.78 is 1.24. The summed E-state index contributed by atoms with van der Waals surface area (Å²) in [7, 11) is 0. The Morgan fingerprint density at radius 1 is 1.25 bits per heavy atom. The van der Waals surface area contributed by atoms with Crippen LogP contribution in [0.3, 0.4) is 0 Å². The third kappa shape index (κ3) is 3.57. The van der Waals surface area contributed by atoms with Gasteiger partial charge < -0.3 is 10.2 Å². The Morgan fingerprint density at radius 3 is 2.79 bits per heavy atom. The van der Waals surface area contributed by atoms with Gasteiger partial charge in [0.15, 0.2) is 0 Å². The predicted molar refractivity (Wildman–Crippen MR) is 99.1 cm³/mol. The van der Waals surface area contributed by atoms with E-state index in [1.54, 1.807) is 22.4 Å². The average molecular weight is 339 g/mol. The number of carbonyl (C=O) groups is 1. The Hall–Kier alpha value is -2.40. The molecule has 24 heavy (non-hydrogen) atoms. The number of urea groups is 1. The number of aromatic nitrogens is 1. The molecule has 1 atom stereocenters. The van der Waals surface area contributed by atoms with Crippen LogP contribution in [0.15, 0.2) is 54.0 Å². The van der Waals surface area contributed by atoms with Crippen LogP contribution in [0.5, 0.6) is 0 Å². The maximum atomic E-state index is 12.6. The largest absolute Gasteiger partial charge is 0.331 e. The Balaban J connectivity index is 1.70. The zero-order valence-electron chi connectivity index (χ0n) is 13.9. The van der Waals surface area contributed by atoms with E-state index >= 15 is 0 Å². The topological polar surface area (TPSA) is 45.2 Å². The molecule has 0 radical (unpaired) electrons. The van der Waals surface area contributed by atoms with Crippen LogP contribution in [0, 0.1) is 0 Å². The molecular formula is C19H21N3OS. The second kappa shape index (κ2) is 7.45. The van der Waals surface area contributed by atoms with Crippen LogP contribution in [0.2, 0.25) is 0 Å². The second-order valence-electron chi connectivity index (χ2n) is 5.69. The summed E-state index contributed by atoms with van der Waals surface area (Å²) in [5.74, 6) is 0. The molecule has 124 valence electrons. The zero-order chi connectivity index (χ0) is 16.9. The van der Waals surface area contributed by atoms with Crippen LogP contribution >= 0.6 is 11.3 Å². The van der Waals surface area contributed by atoms with Crippen molar-refractivity contribution in [3.8, 4) is 0 Å². The molecule has 0 unspecified atom stereocenters. The van der Waals surface area contributed by atoms with Gasteiger partial charge in [0.1, 0.15) is 0 Å². The highest BCUT2D eigenvalue weighted by Gasteiger charge is 2.18. The molecule has 5 heteroatoms. The SMILES string of the molecule is CCN(Cc1ccccn1)C(=O)N[C@H](C)c1csc2ccccc12. The van der Waals surface area contributed by atoms with Crippen LogP contribution < -0.4 is 5.32 Å². The van der Waals surface area contributed by atoms with E-state index in [1.807, 2.05) is 44.2 Å². The molecule has 1 N–H and O–H groups in total. The third-order valence-corrected chi connectivity index (χ3v) is 5.05. The average Bonchev–Trinajstić information content (AvgIpc) is 3.04. The van der Waals surface area contributed by atoms with Gasteiger partial charge in [-0.2, -0.15) is 0 Å². The van der Waals surface area contributed by atoms with E-state index in [9.17, 15) is 4.79 Å². The number of pyridine rings is 1. The highest BCUT2D eigenvalue weighted by atomic mass is 32.1. The van der Waals surface area contributed by atoms with Crippen molar-refractivity contribution < 1.29 is 4.79 Å². The monoisotopic (exact) mass is 339 g/mol. The summed E-state index contributed by atoms with van der Waals surface area (Å²) in [5.41, 5.74) is 2.06. The number of thiophene rings is 1. The number of nitrogens with one attached hydrogen (secondary N) is 1. The zero-order valence-corrected chi connectivity index (χ0v) is 14.7. The summed E-state index contributed by atoms with van der Waals surface area (Å²) in [6, 6.07) is 13.9. The first kappa shape index (κ1) is 16.5. The maximum absolute atomic E-state index is 12.6. The number of rotatable bonds is 5. The number of hydrogen-bond acceptors (Lipinski definition) is 3. The van der Waals surface area contributed by atoms with Crippen molar-refractivity contribution in [1.29, 1.82) is 0 Å². The summed E-state index contributed by atoms with van der Waals surface area (Å²) in [6.07, 6.45) is 1.75. The highest BCUT2D eigenvalue weighted by molar-refractivity contribution is 7.17. The van der Waals surface area contributed by atoms with E-state index in [2.05, 4.69) is 27.8 Å². The number of benzene rings is 1. The molecule has 2 aromatic heterocycles. The number of nitrogens with zero attached hydrogens (tertiary/aromatic N) is 2.